The van der Waals surface area contributed by atoms with E-state index in [9.17, 15) is 8.42 Å². The molecule has 0 aliphatic carbocycles. The Morgan fingerprint density at radius 3 is 2.58 bits per heavy atom. The van der Waals surface area contributed by atoms with Crippen molar-refractivity contribution in [3.05, 3.63) is 18.3 Å². The van der Waals surface area contributed by atoms with Gasteiger partial charge in [0.15, 0.2) is 0 Å². The van der Waals surface area contributed by atoms with Gasteiger partial charge < -0.3 is 15.3 Å². The van der Waals surface area contributed by atoms with Crippen molar-refractivity contribution in [2.24, 2.45) is 5.92 Å². The third kappa shape index (κ3) is 4.73. The zero-order chi connectivity index (χ0) is 18.4. The van der Waals surface area contributed by atoms with Crippen LogP contribution in [0.1, 0.15) is 32.1 Å². The van der Waals surface area contributed by atoms with Gasteiger partial charge in [0.2, 0.25) is 10.0 Å². The standard InChI is InChI=1S/C18H30N4O3S/c23-14-13-21-11-6-16(7-12-21)15-20-18-17(5-4-8-19-18)26(24,25)22-9-2-1-3-10-22/h4-5,8,16,23H,1-3,6-7,9-15H2,(H,19,20). The predicted molar refractivity (Wildman–Crippen MR) is 102 cm³/mol. The molecule has 1 aromatic heterocycles. The van der Waals surface area contributed by atoms with Gasteiger partial charge in [-0.05, 0) is 56.8 Å². The first-order valence-corrected chi connectivity index (χ1v) is 11.1. The highest BCUT2D eigenvalue weighted by atomic mass is 32.2. The maximum Gasteiger partial charge on any atom is 0.246 e. The lowest BCUT2D eigenvalue weighted by atomic mass is 9.97. The molecule has 1 aromatic rings. The molecule has 3 rings (SSSR count). The summed E-state index contributed by atoms with van der Waals surface area (Å²) in [4.78, 5) is 6.87. The molecule has 26 heavy (non-hydrogen) atoms. The predicted octanol–water partition coefficient (Wildman–Crippen LogP) is 1.37. The molecule has 7 nitrogen and oxygen atoms in total. The van der Waals surface area contributed by atoms with Crippen molar-refractivity contribution in [2.75, 3.05) is 51.2 Å². The van der Waals surface area contributed by atoms with Crippen molar-refractivity contribution in [1.29, 1.82) is 0 Å². The number of hydrogen-bond donors (Lipinski definition) is 2. The SMILES string of the molecule is O=S(=O)(c1cccnc1NCC1CCN(CCO)CC1)N1CCCCC1. The van der Waals surface area contributed by atoms with Crippen LogP contribution < -0.4 is 5.32 Å². The summed E-state index contributed by atoms with van der Waals surface area (Å²) in [6.07, 6.45) is 6.69. The molecule has 146 valence electrons. The number of aliphatic hydroxyl groups excluding tert-OH is 1. The minimum atomic E-state index is -3.49. The van der Waals surface area contributed by atoms with Crippen LogP contribution in [-0.4, -0.2) is 73.6 Å². The zero-order valence-corrected chi connectivity index (χ0v) is 16.1. The fourth-order valence-corrected chi connectivity index (χ4v) is 5.41. The summed E-state index contributed by atoms with van der Waals surface area (Å²) >= 11 is 0. The normalized spacial score (nSPS) is 21.0. The van der Waals surface area contributed by atoms with Gasteiger partial charge in [0.25, 0.3) is 0 Å². The van der Waals surface area contributed by atoms with Crippen LogP contribution in [-0.2, 0) is 10.0 Å². The lowest BCUT2D eigenvalue weighted by molar-refractivity contribution is 0.151. The molecular weight excluding hydrogens is 352 g/mol. The molecule has 0 saturated carbocycles. The van der Waals surface area contributed by atoms with Crippen LogP contribution in [0.3, 0.4) is 0 Å². The first kappa shape index (κ1) is 19.5. The Morgan fingerprint density at radius 1 is 1.15 bits per heavy atom. The first-order chi connectivity index (χ1) is 12.6. The lowest BCUT2D eigenvalue weighted by Gasteiger charge is -2.31. The molecule has 2 N–H and O–H groups in total. The van der Waals surface area contributed by atoms with Crippen molar-refractivity contribution in [3.8, 4) is 0 Å². The molecule has 2 aliphatic heterocycles. The largest absolute Gasteiger partial charge is 0.395 e. The first-order valence-electron chi connectivity index (χ1n) is 9.63. The molecule has 0 spiro atoms. The van der Waals surface area contributed by atoms with Crippen molar-refractivity contribution in [3.63, 3.8) is 0 Å². The average Bonchev–Trinajstić information content (AvgIpc) is 2.68. The number of anilines is 1. The Hall–Kier alpha value is -1.22. The van der Waals surface area contributed by atoms with Crippen LogP contribution >= 0.6 is 0 Å². The van der Waals surface area contributed by atoms with E-state index >= 15 is 0 Å². The number of nitrogens with one attached hydrogen (secondary N) is 1. The maximum atomic E-state index is 13.0. The second kappa shape index (κ2) is 9.12. The number of β-amino-alcohol motifs (C(OH)–C–C–N with tert-alkyl or cyclic N) is 1. The minimum absolute atomic E-state index is 0.203. The molecule has 0 aromatic carbocycles. The van der Waals surface area contributed by atoms with Crippen LogP contribution in [0.5, 0.6) is 0 Å². The van der Waals surface area contributed by atoms with Gasteiger partial charge in [-0.15, -0.1) is 0 Å². The third-order valence-corrected chi connectivity index (χ3v) is 7.32. The van der Waals surface area contributed by atoms with Crippen LogP contribution in [0.2, 0.25) is 0 Å². The Morgan fingerprint density at radius 2 is 1.88 bits per heavy atom. The number of aliphatic hydroxyl groups is 1. The van der Waals surface area contributed by atoms with E-state index in [0.717, 1.165) is 58.3 Å². The second-order valence-electron chi connectivity index (χ2n) is 7.20. The fraction of sp³-hybridized carbons (Fsp3) is 0.722. The number of likely N-dealkylation sites (tertiary alicyclic amines) is 1. The Balaban J connectivity index is 1.63. The number of rotatable bonds is 7. The maximum absolute atomic E-state index is 13.0. The molecule has 0 amide bonds. The topological polar surface area (TPSA) is 85.8 Å². The number of piperidine rings is 2. The van der Waals surface area contributed by atoms with Crippen LogP contribution in [0, 0.1) is 5.92 Å². The highest BCUT2D eigenvalue weighted by molar-refractivity contribution is 7.89. The van der Waals surface area contributed by atoms with E-state index in [4.69, 9.17) is 5.11 Å². The molecule has 0 radical (unpaired) electrons. The highest BCUT2D eigenvalue weighted by Gasteiger charge is 2.29. The Kier molecular flexibility index (Phi) is 6.86. The fourth-order valence-electron chi connectivity index (χ4n) is 3.77. The highest BCUT2D eigenvalue weighted by Crippen LogP contribution is 2.26. The molecule has 2 fully saturated rings. The molecule has 0 bridgehead atoms. The number of aromatic nitrogens is 1. The van der Waals surface area contributed by atoms with E-state index in [1.807, 2.05) is 0 Å². The van der Waals surface area contributed by atoms with Gasteiger partial charge in [-0.1, -0.05) is 6.42 Å². The van der Waals surface area contributed by atoms with Crippen LogP contribution in [0.15, 0.2) is 23.2 Å². The Labute approximate surface area is 156 Å². The summed E-state index contributed by atoms with van der Waals surface area (Å²) in [5, 5.41) is 12.3. The molecule has 2 aliphatic rings. The van der Waals surface area contributed by atoms with E-state index in [0.29, 0.717) is 29.7 Å². The van der Waals surface area contributed by atoms with Crippen molar-refractivity contribution < 1.29 is 13.5 Å². The van der Waals surface area contributed by atoms with Gasteiger partial charge >= 0.3 is 0 Å². The van der Waals surface area contributed by atoms with Gasteiger partial charge in [0, 0.05) is 32.4 Å². The molecule has 0 unspecified atom stereocenters. The van der Waals surface area contributed by atoms with E-state index in [1.165, 1.54) is 0 Å². The quantitative estimate of drug-likeness (QED) is 0.741. The summed E-state index contributed by atoms with van der Waals surface area (Å²) in [6.45, 7) is 4.82. The van der Waals surface area contributed by atoms with Crippen LogP contribution in [0.4, 0.5) is 5.82 Å². The summed E-state index contributed by atoms with van der Waals surface area (Å²) < 4.78 is 27.6. The summed E-state index contributed by atoms with van der Waals surface area (Å²) in [5.74, 6) is 0.966. The smallest absolute Gasteiger partial charge is 0.246 e. The molecule has 3 heterocycles. The number of sulfonamides is 1. The van der Waals surface area contributed by atoms with Gasteiger partial charge in [-0.3, -0.25) is 0 Å². The number of hydrogen-bond acceptors (Lipinski definition) is 6. The van der Waals surface area contributed by atoms with Gasteiger partial charge in [-0.2, -0.15) is 4.31 Å². The van der Waals surface area contributed by atoms with Gasteiger partial charge in [0.1, 0.15) is 10.7 Å². The summed E-state index contributed by atoms with van der Waals surface area (Å²) in [5.41, 5.74) is 0. The number of pyridine rings is 1. The van der Waals surface area contributed by atoms with E-state index < -0.39 is 10.0 Å². The van der Waals surface area contributed by atoms with Gasteiger partial charge in [-0.25, -0.2) is 13.4 Å². The van der Waals surface area contributed by atoms with Gasteiger partial charge in [0.05, 0.1) is 6.61 Å². The van der Waals surface area contributed by atoms with E-state index in [2.05, 4.69) is 15.2 Å². The van der Waals surface area contributed by atoms with E-state index in [1.54, 1.807) is 22.6 Å². The molecule has 0 atom stereocenters. The molecule has 2 saturated heterocycles. The molecule has 8 heteroatoms. The van der Waals surface area contributed by atoms with Crippen LogP contribution in [0.25, 0.3) is 0 Å². The summed E-state index contributed by atoms with van der Waals surface area (Å²) in [7, 11) is -3.49. The summed E-state index contributed by atoms with van der Waals surface area (Å²) in [6, 6.07) is 3.35. The number of nitrogens with zero attached hydrogens (tertiary/aromatic N) is 3. The lowest BCUT2D eigenvalue weighted by Crippen LogP contribution is -2.38. The van der Waals surface area contributed by atoms with Crippen molar-refractivity contribution in [1.82, 2.24) is 14.2 Å². The van der Waals surface area contributed by atoms with Crippen molar-refractivity contribution in [2.45, 2.75) is 37.0 Å². The second-order valence-corrected chi connectivity index (χ2v) is 9.11. The molecular formula is C18H30N4O3S. The Bertz CT molecular complexity index is 669. The van der Waals surface area contributed by atoms with Crippen molar-refractivity contribution >= 4 is 15.8 Å². The van der Waals surface area contributed by atoms with E-state index in [-0.39, 0.29) is 6.61 Å². The zero-order valence-electron chi connectivity index (χ0n) is 15.3. The minimum Gasteiger partial charge on any atom is -0.395 e. The average molecular weight is 383 g/mol. The third-order valence-electron chi connectivity index (χ3n) is 5.39. The monoisotopic (exact) mass is 382 g/mol.